The molecule has 0 radical (unpaired) electrons. The van der Waals surface area contributed by atoms with Gasteiger partial charge in [0, 0.05) is 21.3 Å². The average molecular weight is 276 g/mol. The molecule has 1 nitrogen and oxygen atoms in total. The highest BCUT2D eigenvalue weighted by molar-refractivity contribution is 8.00. The van der Waals surface area contributed by atoms with Gasteiger partial charge in [0.05, 0.1) is 0 Å². The molecule has 1 aromatic rings. The van der Waals surface area contributed by atoms with E-state index in [4.69, 9.17) is 28.9 Å². The Labute approximate surface area is 111 Å². The number of rotatable bonds is 3. The third kappa shape index (κ3) is 2.67. The van der Waals surface area contributed by atoms with E-state index in [0.717, 1.165) is 23.6 Å². The summed E-state index contributed by atoms with van der Waals surface area (Å²) >= 11 is 14.1. The molecule has 16 heavy (non-hydrogen) atoms. The SMILES string of the molecule is NCC1(Cc2ccc(Cl)cc2Cl)CCCS1. The van der Waals surface area contributed by atoms with Crippen LogP contribution in [0.15, 0.2) is 18.2 Å². The molecule has 1 aliphatic heterocycles. The van der Waals surface area contributed by atoms with Gasteiger partial charge in [0.15, 0.2) is 0 Å². The Kier molecular flexibility index (Phi) is 4.06. The van der Waals surface area contributed by atoms with E-state index in [9.17, 15) is 0 Å². The molecule has 0 aromatic heterocycles. The van der Waals surface area contributed by atoms with Gasteiger partial charge in [-0.15, -0.1) is 0 Å². The van der Waals surface area contributed by atoms with E-state index < -0.39 is 0 Å². The summed E-state index contributed by atoms with van der Waals surface area (Å²) in [4.78, 5) is 0. The molecule has 2 N–H and O–H groups in total. The lowest BCUT2D eigenvalue weighted by Crippen LogP contribution is -2.34. The molecule has 1 unspecified atom stereocenters. The zero-order chi connectivity index (χ0) is 11.6. The van der Waals surface area contributed by atoms with Gasteiger partial charge in [-0.2, -0.15) is 11.8 Å². The monoisotopic (exact) mass is 275 g/mol. The maximum absolute atomic E-state index is 6.19. The normalized spacial score (nSPS) is 24.9. The molecule has 1 aliphatic rings. The summed E-state index contributed by atoms with van der Waals surface area (Å²) < 4.78 is 0.192. The quantitative estimate of drug-likeness (QED) is 0.909. The van der Waals surface area contributed by atoms with Crippen LogP contribution in [0.25, 0.3) is 0 Å². The molecule has 1 heterocycles. The number of hydrogen-bond acceptors (Lipinski definition) is 2. The van der Waals surface area contributed by atoms with Crippen molar-refractivity contribution in [3.63, 3.8) is 0 Å². The molecule has 0 aliphatic carbocycles. The van der Waals surface area contributed by atoms with Crippen molar-refractivity contribution < 1.29 is 0 Å². The minimum atomic E-state index is 0.192. The van der Waals surface area contributed by atoms with Gasteiger partial charge in [-0.3, -0.25) is 0 Å². The zero-order valence-corrected chi connectivity index (χ0v) is 11.3. The van der Waals surface area contributed by atoms with E-state index >= 15 is 0 Å². The third-order valence-corrected chi connectivity index (χ3v) is 5.29. The first kappa shape index (κ1) is 12.6. The van der Waals surface area contributed by atoms with Gasteiger partial charge >= 0.3 is 0 Å². The smallest absolute Gasteiger partial charge is 0.0453 e. The first-order valence-corrected chi connectivity index (χ1v) is 7.17. The van der Waals surface area contributed by atoms with Crippen LogP contribution < -0.4 is 5.73 Å². The molecular formula is C12H15Cl2NS. The van der Waals surface area contributed by atoms with Crippen molar-refractivity contribution in [3.8, 4) is 0 Å². The summed E-state index contributed by atoms with van der Waals surface area (Å²) in [6.45, 7) is 0.719. The molecule has 0 bridgehead atoms. The van der Waals surface area contributed by atoms with Crippen molar-refractivity contribution in [2.75, 3.05) is 12.3 Å². The second-order valence-electron chi connectivity index (χ2n) is 4.25. The van der Waals surface area contributed by atoms with Crippen molar-refractivity contribution in [1.82, 2.24) is 0 Å². The third-order valence-electron chi connectivity index (χ3n) is 3.08. The van der Waals surface area contributed by atoms with Crippen LogP contribution in [0.2, 0.25) is 10.0 Å². The molecule has 1 fully saturated rings. The van der Waals surface area contributed by atoms with Crippen LogP contribution in [-0.2, 0) is 6.42 Å². The summed E-state index contributed by atoms with van der Waals surface area (Å²) in [5.74, 6) is 1.21. The van der Waals surface area contributed by atoms with Crippen molar-refractivity contribution in [3.05, 3.63) is 33.8 Å². The molecule has 4 heteroatoms. The lowest BCUT2D eigenvalue weighted by Gasteiger charge is -2.26. The minimum Gasteiger partial charge on any atom is -0.329 e. The minimum absolute atomic E-state index is 0.192. The van der Waals surface area contributed by atoms with Gasteiger partial charge in [0.25, 0.3) is 0 Å². The molecule has 0 saturated carbocycles. The molecular weight excluding hydrogens is 261 g/mol. The fourth-order valence-corrected chi connectivity index (χ4v) is 4.00. The Balaban J connectivity index is 2.19. The van der Waals surface area contributed by atoms with Gasteiger partial charge in [-0.1, -0.05) is 29.3 Å². The maximum Gasteiger partial charge on any atom is 0.0453 e. The van der Waals surface area contributed by atoms with E-state index in [1.54, 1.807) is 0 Å². The summed E-state index contributed by atoms with van der Waals surface area (Å²) in [7, 11) is 0. The van der Waals surface area contributed by atoms with E-state index in [2.05, 4.69) is 0 Å². The summed E-state index contributed by atoms with van der Waals surface area (Å²) in [6, 6.07) is 5.72. The van der Waals surface area contributed by atoms with Crippen molar-refractivity contribution in [2.24, 2.45) is 5.73 Å². The van der Waals surface area contributed by atoms with Gasteiger partial charge in [0.1, 0.15) is 0 Å². The number of thioether (sulfide) groups is 1. The topological polar surface area (TPSA) is 26.0 Å². The van der Waals surface area contributed by atoms with Crippen LogP contribution in [0.3, 0.4) is 0 Å². The number of halogens is 2. The van der Waals surface area contributed by atoms with Gasteiger partial charge in [-0.05, 0) is 42.7 Å². The molecule has 0 amide bonds. The van der Waals surface area contributed by atoms with Crippen molar-refractivity contribution in [1.29, 1.82) is 0 Å². The standard InChI is InChI=1S/C12H15Cl2NS/c13-10-3-2-9(11(14)6-10)7-12(8-15)4-1-5-16-12/h2-3,6H,1,4-5,7-8,15H2. The highest BCUT2D eigenvalue weighted by atomic mass is 35.5. The summed E-state index contributed by atoms with van der Waals surface area (Å²) in [6.07, 6.45) is 3.39. The van der Waals surface area contributed by atoms with Crippen LogP contribution in [0.5, 0.6) is 0 Å². The Morgan fingerprint density at radius 2 is 2.19 bits per heavy atom. The van der Waals surface area contributed by atoms with Crippen molar-refractivity contribution in [2.45, 2.75) is 24.0 Å². The van der Waals surface area contributed by atoms with Crippen molar-refractivity contribution >= 4 is 35.0 Å². The number of nitrogens with two attached hydrogens (primary N) is 1. The van der Waals surface area contributed by atoms with Crippen LogP contribution in [0.4, 0.5) is 0 Å². The number of benzene rings is 1. The first-order valence-electron chi connectivity index (χ1n) is 5.43. The fourth-order valence-electron chi connectivity index (χ4n) is 2.14. The molecule has 1 saturated heterocycles. The lowest BCUT2D eigenvalue weighted by molar-refractivity contribution is 0.565. The molecule has 88 valence electrons. The Morgan fingerprint density at radius 3 is 2.75 bits per heavy atom. The lowest BCUT2D eigenvalue weighted by atomic mass is 9.94. The zero-order valence-electron chi connectivity index (χ0n) is 9.01. The fraction of sp³-hybridized carbons (Fsp3) is 0.500. The largest absolute Gasteiger partial charge is 0.329 e. The first-order chi connectivity index (χ1) is 7.65. The van der Waals surface area contributed by atoms with E-state index in [1.165, 1.54) is 18.6 Å². The Hall–Kier alpha value is 0.110. The van der Waals surface area contributed by atoms with E-state index in [-0.39, 0.29) is 4.75 Å². The average Bonchev–Trinajstić information content (AvgIpc) is 2.72. The van der Waals surface area contributed by atoms with E-state index in [0.29, 0.717) is 5.02 Å². The molecule has 1 atom stereocenters. The predicted molar refractivity (Wildman–Crippen MR) is 73.6 cm³/mol. The summed E-state index contributed by atoms with van der Waals surface area (Å²) in [5, 5.41) is 1.45. The maximum atomic E-state index is 6.19. The van der Waals surface area contributed by atoms with Gasteiger partial charge < -0.3 is 5.73 Å². The highest BCUT2D eigenvalue weighted by Gasteiger charge is 2.33. The number of hydrogen-bond donors (Lipinski definition) is 1. The molecule has 2 rings (SSSR count). The molecule has 1 aromatic carbocycles. The Bertz CT molecular complexity index is 375. The van der Waals surface area contributed by atoms with Gasteiger partial charge in [-0.25, -0.2) is 0 Å². The van der Waals surface area contributed by atoms with Crippen LogP contribution in [0.1, 0.15) is 18.4 Å². The highest BCUT2D eigenvalue weighted by Crippen LogP contribution is 2.41. The van der Waals surface area contributed by atoms with E-state index in [1.807, 2.05) is 30.0 Å². The second-order valence-corrected chi connectivity index (χ2v) is 6.66. The second kappa shape index (κ2) is 5.18. The Morgan fingerprint density at radius 1 is 1.38 bits per heavy atom. The van der Waals surface area contributed by atoms with Crippen LogP contribution >= 0.6 is 35.0 Å². The van der Waals surface area contributed by atoms with Crippen LogP contribution in [-0.4, -0.2) is 17.0 Å². The van der Waals surface area contributed by atoms with Gasteiger partial charge in [0.2, 0.25) is 0 Å². The molecule has 0 spiro atoms. The van der Waals surface area contributed by atoms with Crippen LogP contribution in [0, 0.1) is 0 Å². The summed E-state index contributed by atoms with van der Waals surface area (Å²) in [5.41, 5.74) is 7.06. The predicted octanol–water partition coefficient (Wildman–Crippen LogP) is 3.76.